The van der Waals surface area contributed by atoms with Crippen molar-refractivity contribution >= 4 is 50.0 Å². The van der Waals surface area contributed by atoms with Crippen molar-refractivity contribution in [2.75, 3.05) is 27.5 Å². The van der Waals surface area contributed by atoms with Crippen LogP contribution in [0.1, 0.15) is 5.56 Å². The molecule has 1 atom stereocenters. The average molecular weight is 503 g/mol. The van der Waals surface area contributed by atoms with Gasteiger partial charge in [0.15, 0.2) is 0 Å². The molecule has 1 aromatic rings. The summed E-state index contributed by atoms with van der Waals surface area (Å²) in [5.41, 5.74) is 1.50. The second kappa shape index (κ2) is 9.31. The molecule has 0 saturated carbocycles. The lowest BCUT2D eigenvalue weighted by Gasteiger charge is -2.22. The Balaban J connectivity index is 1.94. The fraction of sp³-hybridized carbons (Fsp3) is 0.316. The van der Waals surface area contributed by atoms with Crippen molar-refractivity contribution in [1.29, 1.82) is 0 Å². The van der Waals surface area contributed by atoms with Gasteiger partial charge in [0.25, 0.3) is 10.0 Å². The molecule has 8 nitrogen and oxygen atoms in total. The van der Waals surface area contributed by atoms with E-state index in [-0.39, 0.29) is 14.6 Å². The second-order valence-electron chi connectivity index (χ2n) is 6.93. The van der Waals surface area contributed by atoms with Gasteiger partial charge in [0.05, 0.1) is 17.9 Å². The summed E-state index contributed by atoms with van der Waals surface area (Å²) >= 11 is 2.58. The highest BCUT2D eigenvalue weighted by molar-refractivity contribution is 8.27. The van der Waals surface area contributed by atoms with Gasteiger partial charge in [-0.3, -0.25) is 0 Å². The number of nitrogens with zero attached hydrogens (tertiary/aromatic N) is 2. The lowest BCUT2D eigenvalue weighted by molar-refractivity contribution is 0.414. The molecule has 0 spiro atoms. The summed E-state index contributed by atoms with van der Waals surface area (Å²) in [6.45, 7) is 0. The van der Waals surface area contributed by atoms with Crippen molar-refractivity contribution in [3.8, 4) is 5.75 Å². The molecule has 0 bridgehead atoms. The first-order valence-corrected chi connectivity index (χ1v) is 14.0. The van der Waals surface area contributed by atoms with E-state index in [2.05, 4.69) is 4.40 Å². The maximum Gasteiger partial charge on any atom is 0.306 e. The minimum Gasteiger partial charge on any atom is -0.497 e. The third-order valence-corrected chi connectivity index (χ3v) is 8.86. The molecule has 168 valence electrons. The Morgan fingerprint density at radius 2 is 1.77 bits per heavy atom. The molecule has 2 heterocycles. The van der Waals surface area contributed by atoms with E-state index in [1.165, 1.54) is 29.1 Å². The number of hydrogen-bond acceptors (Lipinski definition) is 8. The number of sulfonamides is 1. The van der Waals surface area contributed by atoms with Crippen LogP contribution in [0.15, 0.2) is 61.3 Å². The Morgan fingerprint density at radius 3 is 2.35 bits per heavy atom. The molecule has 1 aromatic carbocycles. The molecule has 31 heavy (non-hydrogen) atoms. The van der Waals surface area contributed by atoms with E-state index in [0.717, 1.165) is 34.2 Å². The summed E-state index contributed by atoms with van der Waals surface area (Å²) in [5.74, 6) is 0.866. The Morgan fingerprint density at radius 1 is 1.10 bits per heavy atom. The number of fused-ring (bicyclic) bond motifs is 1. The molecule has 0 amide bonds. The Bertz CT molecular complexity index is 1180. The van der Waals surface area contributed by atoms with Gasteiger partial charge >= 0.3 is 10.1 Å². The van der Waals surface area contributed by atoms with Gasteiger partial charge in [0.2, 0.25) is 0 Å². The van der Waals surface area contributed by atoms with Crippen molar-refractivity contribution in [2.24, 2.45) is 4.40 Å². The topological polar surface area (TPSA) is 102 Å². The minimum atomic E-state index is -3.90. The summed E-state index contributed by atoms with van der Waals surface area (Å²) in [6, 6.07) is 7.53. The molecule has 2 aliphatic heterocycles. The molecule has 12 heteroatoms. The molecule has 3 rings (SSSR count). The summed E-state index contributed by atoms with van der Waals surface area (Å²) < 4.78 is 62.5. The van der Waals surface area contributed by atoms with E-state index in [1.54, 1.807) is 27.3 Å². The van der Waals surface area contributed by atoms with Crippen molar-refractivity contribution < 1.29 is 25.8 Å². The van der Waals surface area contributed by atoms with Gasteiger partial charge in [-0.05, 0) is 34.8 Å². The van der Waals surface area contributed by atoms with E-state index in [1.807, 2.05) is 24.3 Å². The van der Waals surface area contributed by atoms with Gasteiger partial charge in [0.1, 0.15) is 22.1 Å². The molecule has 1 unspecified atom stereocenters. The number of benzene rings is 1. The summed E-state index contributed by atoms with van der Waals surface area (Å²) in [4.78, 5) is 2.37. The van der Waals surface area contributed by atoms with Gasteiger partial charge in [-0.1, -0.05) is 23.9 Å². The first kappa shape index (κ1) is 23.8. The van der Waals surface area contributed by atoms with Crippen LogP contribution in [-0.4, -0.2) is 60.1 Å². The fourth-order valence-electron chi connectivity index (χ4n) is 2.69. The van der Waals surface area contributed by atoms with Gasteiger partial charge in [-0.2, -0.15) is 16.8 Å². The predicted octanol–water partition coefficient (Wildman–Crippen LogP) is 2.93. The van der Waals surface area contributed by atoms with Gasteiger partial charge < -0.3 is 13.8 Å². The highest BCUT2D eigenvalue weighted by Crippen LogP contribution is 2.51. The quantitative estimate of drug-likeness (QED) is 0.302. The number of hydrogen-bond donors (Lipinski definition) is 0. The first-order chi connectivity index (χ1) is 14.5. The SMILES string of the molecule is COc1ccc(CC2=CC(OS(C)(=O)=O)=C3C=C(S(=O)(=O)N=CN(C)C)SC3S2)cc1. The highest BCUT2D eigenvalue weighted by atomic mass is 32.3. The molecular formula is C19H22N2O6S4. The van der Waals surface area contributed by atoms with Crippen LogP contribution in [0.25, 0.3) is 0 Å². The second-order valence-corrected chi connectivity index (χ2v) is 13.0. The zero-order chi connectivity index (χ0) is 22.8. The molecule has 0 N–H and O–H groups in total. The van der Waals surface area contributed by atoms with Crippen LogP contribution < -0.4 is 4.74 Å². The summed E-state index contributed by atoms with van der Waals surface area (Å²) in [5, 5.41) is 0. The van der Waals surface area contributed by atoms with Crippen molar-refractivity contribution in [2.45, 2.75) is 11.0 Å². The monoisotopic (exact) mass is 502 g/mol. The molecular weight excluding hydrogens is 480 g/mol. The number of allylic oxidation sites excluding steroid dienone is 3. The normalized spacial score (nSPS) is 19.2. The molecule has 0 aromatic heterocycles. The number of ether oxygens (including phenoxy) is 1. The van der Waals surface area contributed by atoms with E-state index in [4.69, 9.17) is 8.92 Å². The predicted molar refractivity (Wildman–Crippen MR) is 126 cm³/mol. The lowest BCUT2D eigenvalue weighted by atomic mass is 10.1. The van der Waals surface area contributed by atoms with Crippen LogP contribution in [0.5, 0.6) is 5.75 Å². The van der Waals surface area contributed by atoms with Crippen molar-refractivity contribution in [3.05, 3.63) is 62.5 Å². The van der Waals surface area contributed by atoms with E-state index in [9.17, 15) is 16.8 Å². The lowest BCUT2D eigenvalue weighted by Crippen LogP contribution is -2.11. The largest absolute Gasteiger partial charge is 0.497 e. The smallest absolute Gasteiger partial charge is 0.306 e. The van der Waals surface area contributed by atoms with E-state index < -0.39 is 20.1 Å². The third kappa shape index (κ3) is 6.31. The van der Waals surface area contributed by atoms with Gasteiger partial charge in [0, 0.05) is 26.1 Å². The maximum absolute atomic E-state index is 12.6. The highest BCUT2D eigenvalue weighted by Gasteiger charge is 2.36. The summed E-state index contributed by atoms with van der Waals surface area (Å²) in [7, 11) is -2.77. The third-order valence-electron chi connectivity index (χ3n) is 4.04. The zero-order valence-corrected chi connectivity index (χ0v) is 20.6. The van der Waals surface area contributed by atoms with Crippen LogP contribution in [0.3, 0.4) is 0 Å². The molecule has 0 radical (unpaired) electrons. The standard InChI is InChI=1S/C19H22N2O6S4/c1-21(2)12-20-31(24,25)18-11-16-17(27-30(4,22)23)10-15(28-19(16)29-18)9-13-5-7-14(26-3)8-6-13/h5-8,10-12,19H,9H2,1-4H3. The molecule has 0 saturated heterocycles. The Hall–Kier alpha value is -1.89. The van der Waals surface area contributed by atoms with Crippen LogP contribution >= 0.6 is 23.5 Å². The molecule has 0 aliphatic carbocycles. The van der Waals surface area contributed by atoms with Gasteiger partial charge in [-0.25, -0.2) is 0 Å². The van der Waals surface area contributed by atoms with Gasteiger partial charge in [-0.15, -0.1) is 16.2 Å². The van der Waals surface area contributed by atoms with Crippen LogP contribution in [0, 0.1) is 0 Å². The minimum absolute atomic E-state index is 0.0480. The maximum atomic E-state index is 12.6. The molecule has 0 fully saturated rings. The van der Waals surface area contributed by atoms with Crippen LogP contribution in [-0.2, 0) is 30.7 Å². The van der Waals surface area contributed by atoms with Crippen molar-refractivity contribution in [3.63, 3.8) is 0 Å². The zero-order valence-electron chi connectivity index (χ0n) is 17.3. The van der Waals surface area contributed by atoms with Crippen molar-refractivity contribution in [1.82, 2.24) is 4.90 Å². The number of thioether (sulfide) groups is 2. The van der Waals surface area contributed by atoms with Crippen LogP contribution in [0.4, 0.5) is 0 Å². The fourth-order valence-corrected chi connectivity index (χ4v) is 7.54. The summed E-state index contributed by atoms with van der Waals surface area (Å²) in [6.07, 6.45) is 5.79. The Kier molecular flexibility index (Phi) is 7.14. The van der Waals surface area contributed by atoms with E-state index in [0.29, 0.717) is 12.0 Å². The number of methoxy groups -OCH3 is 1. The van der Waals surface area contributed by atoms with E-state index >= 15 is 0 Å². The molecule has 2 aliphatic rings. The first-order valence-electron chi connectivity index (χ1n) is 8.96. The van der Waals surface area contributed by atoms with Crippen LogP contribution in [0.2, 0.25) is 0 Å². The Labute approximate surface area is 191 Å². The number of rotatable bonds is 8. The average Bonchev–Trinajstić information content (AvgIpc) is 3.11.